The monoisotopic (exact) mass is 404 g/mol. The zero-order valence-corrected chi connectivity index (χ0v) is 15.6. The Morgan fingerprint density at radius 2 is 2.00 bits per heavy atom. The van der Waals surface area contributed by atoms with Gasteiger partial charge in [-0.25, -0.2) is 4.39 Å². The summed E-state index contributed by atoms with van der Waals surface area (Å²) >= 11 is 3.43. The molecule has 0 unspecified atom stereocenters. The summed E-state index contributed by atoms with van der Waals surface area (Å²) in [7, 11) is 0. The van der Waals surface area contributed by atoms with Crippen LogP contribution in [0.1, 0.15) is 23.7 Å². The Bertz CT molecular complexity index is 746. The van der Waals surface area contributed by atoms with Crippen LogP contribution in [0.5, 0.6) is 5.75 Å². The fourth-order valence-corrected chi connectivity index (χ4v) is 4.35. The van der Waals surface area contributed by atoms with Crippen molar-refractivity contribution in [2.45, 2.75) is 25.0 Å². The first kappa shape index (κ1) is 17.0. The molecule has 1 N–H and O–H groups in total. The molecule has 1 heterocycles. The van der Waals surface area contributed by atoms with Gasteiger partial charge in [0.2, 0.25) is 0 Å². The molecule has 1 aliphatic carbocycles. The summed E-state index contributed by atoms with van der Waals surface area (Å²) < 4.78 is 20.5. The van der Waals surface area contributed by atoms with Crippen LogP contribution < -0.4 is 10.1 Å². The van der Waals surface area contributed by atoms with Gasteiger partial charge in [0.15, 0.2) is 0 Å². The van der Waals surface area contributed by atoms with E-state index in [4.69, 9.17) is 4.74 Å². The lowest BCUT2D eigenvalue weighted by Gasteiger charge is -2.32. The molecule has 25 heavy (non-hydrogen) atoms. The Morgan fingerprint density at radius 1 is 1.12 bits per heavy atom. The highest BCUT2D eigenvalue weighted by molar-refractivity contribution is 9.10. The molecule has 2 aliphatic rings. The number of fused-ring (bicyclic) bond motifs is 1. The van der Waals surface area contributed by atoms with Crippen LogP contribution in [0.25, 0.3) is 0 Å². The second kappa shape index (κ2) is 7.44. The number of nitrogens with one attached hydrogen (secondary N) is 1. The number of hydrogen-bond acceptors (Lipinski definition) is 3. The van der Waals surface area contributed by atoms with Gasteiger partial charge in [0.1, 0.15) is 17.7 Å². The van der Waals surface area contributed by atoms with Gasteiger partial charge in [-0.1, -0.05) is 24.3 Å². The summed E-state index contributed by atoms with van der Waals surface area (Å²) in [6.45, 7) is 4.20. The van der Waals surface area contributed by atoms with E-state index >= 15 is 0 Å². The maximum atomic E-state index is 13.4. The molecule has 0 bridgehead atoms. The van der Waals surface area contributed by atoms with Crippen LogP contribution in [0.15, 0.2) is 46.9 Å². The molecule has 2 aromatic carbocycles. The first-order chi connectivity index (χ1) is 12.2. The molecule has 3 nitrogen and oxygen atoms in total. The summed E-state index contributed by atoms with van der Waals surface area (Å²) in [4.78, 5) is 2.54. The average Bonchev–Trinajstić information content (AvgIpc) is 2.79. The number of ether oxygens (including phenoxy) is 1. The van der Waals surface area contributed by atoms with Gasteiger partial charge < -0.3 is 10.1 Å². The molecule has 1 saturated heterocycles. The molecule has 4 rings (SSSR count). The van der Waals surface area contributed by atoms with Crippen molar-refractivity contribution in [2.75, 3.05) is 26.2 Å². The Labute approximate surface area is 156 Å². The van der Waals surface area contributed by atoms with E-state index in [1.54, 1.807) is 6.07 Å². The quantitative estimate of drug-likeness (QED) is 0.838. The maximum Gasteiger partial charge on any atom is 0.140 e. The number of halogens is 2. The van der Waals surface area contributed by atoms with Gasteiger partial charge in [0.05, 0.1) is 10.5 Å². The molecule has 0 amide bonds. The highest BCUT2D eigenvalue weighted by Crippen LogP contribution is 2.40. The number of rotatable bonds is 3. The molecular weight excluding hydrogens is 383 g/mol. The van der Waals surface area contributed by atoms with Crippen molar-refractivity contribution < 1.29 is 9.13 Å². The van der Waals surface area contributed by atoms with Crippen LogP contribution in [0.4, 0.5) is 4.39 Å². The van der Waals surface area contributed by atoms with Crippen LogP contribution >= 0.6 is 15.9 Å². The highest BCUT2D eigenvalue weighted by atomic mass is 79.9. The number of nitrogens with zero attached hydrogens (tertiary/aromatic N) is 1. The van der Waals surface area contributed by atoms with E-state index in [2.05, 4.69) is 50.4 Å². The Kier molecular flexibility index (Phi) is 5.06. The zero-order valence-electron chi connectivity index (χ0n) is 14.1. The standard InChI is InChI=1S/C20H22BrFN2O/c21-17-13-15(22)6-7-19(17)25-20-16-5-2-1-4-14(16)12-18(20)24-10-3-8-23-9-11-24/h1-2,4-7,13,18,20,23H,3,8-12H2/t18-,20+/m1/s1. The molecular formula is C20H22BrFN2O. The van der Waals surface area contributed by atoms with Crippen LogP contribution in [0.3, 0.4) is 0 Å². The molecule has 1 fully saturated rings. The third-order valence-electron chi connectivity index (χ3n) is 5.13. The fourth-order valence-electron chi connectivity index (χ4n) is 3.91. The van der Waals surface area contributed by atoms with E-state index < -0.39 is 0 Å². The summed E-state index contributed by atoms with van der Waals surface area (Å²) in [5, 5.41) is 3.47. The zero-order chi connectivity index (χ0) is 17.2. The van der Waals surface area contributed by atoms with Gasteiger partial charge in [0.25, 0.3) is 0 Å². The van der Waals surface area contributed by atoms with E-state index in [1.165, 1.54) is 23.3 Å². The fraction of sp³-hybridized carbons (Fsp3) is 0.400. The van der Waals surface area contributed by atoms with E-state index in [0.717, 1.165) is 39.0 Å². The van der Waals surface area contributed by atoms with Crippen LogP contribution in [-0.2, 0) is 6.42 Å². The largest absolute Gasteiger partial charge is 0.483 e. The van der Waals surface area contributed by atoms with Gasteiger partial charge in [-0.05, 0) is 71.2 Å². The first-order valence-electron chi connectivity index (χ1n) is 8.86. The second-order valence-electron chi connectivity index (χ2n) is 6.72. The predicted octanol–water partition coefficient (Wildman–Crippen LogP) is 3.93. The van der Waals surface area contributed by atoms with E-state index in [1.807, 2.05) is 0 Å². The summed E-state index contributed by atoms with van der Waals surface area (Å²) in [6, 6.07) is 13.5. The Balaban J connectivity index is 1.64. The molecule has 0 aromatic heterocycles. The SMILES string of the molecule is Fc1ccc(O[C@H]2c3ccccc3C[C@H]2N2CCCNCC2)c(Br)c1. The number of benzene rings is 2. The maximum absolute atomic E-state index is 13.4. The van der Waals surface area contributed by atoms with Crippen LogP contribution in [-0.4, -0.2) is 37.1 Å². The van der Waals surface area contributed by atoms with Gasteiger partial charge >= 0.3 is 0 Å². The van der Waals surface area contributed by atoms with Crippen LogP contribution in [0.2, 0.25) is 0 Å². The molecule has 0 saturated carbocycles. The third-order valence-corrected chi connectivity index (χ3v) is 5.75. The molecule has 2 aromatic rings. The third kappa shape index (κ3) is 3.59. The van der Waals surface area contributed by atoms with Crippen molar-refractivity contribution in [1.82, 2.24) is 10.2 Å². The molecule has 0 radical (unpaired) electrons. The van der Waals surface area contributed by atoms with E-state index in [9.17, 15) is 4.39 Å². The summed E-state index contributed by atoms with van der Waals surface area (Å²) in [5.74, 6) is 0.433. The van der Waals surface area contributed by atoms with Crippen molar-refractivity contribution in [2.24, 2.45) is 0 Å². The predicted molar refractivity (Wildman–Crippen MR) is 100 cm³/mol. The molecule has 132 valence electrons. The lowest BCUT2D eigenvalue weighted by molar-refractivity contribution is 0.0815. The topological polar surface area (TPSA) is 24.5 Å². The lowest BCUT2D eigenvalue weighted by atomic mass is 10.1. The molecule has 0 spiro atoms. The van der Waals surface area contributed by atoms with Crippen molar-refractivity contribution in [3.63, 3.8) is 0 Å². The van der Waals surface area contributed by atoms with Crippen molar-refractivity contribution in [3.8, 4) is 5.75 Å². The first-order valence-corrected chi connectivity index (χ1v) is 9.66. The minimum Gasteiger partial charge on any atom is -0.483 e. The molecule has 5 heteroatoms. The van der Waals surface area contributed by atoms with Crippen molar-refractivity contribution in [3.05, 3.63) is 63.9 Å². The van der Waals surface area contributed by atoms with Crippen molar-refractivity contribution in [1.29, 1.82) is 0 Å². The highest BCUT2D eigenvalue weighted by Gasteiger charge is 2.38. The van der Waals surface area contributed by atoms with Gasteiger partial charge in [0, 0.05) is 13.1 Å². The van der Waals surface area contributed by atoms with Gasteiger partial charge in [-0.15, -0.1) is 0 Å². The molecule has 1 aliphatic heterocycles. The summed E-state index contributed by atoms with van der Waals surface area (Å²) in [5.41, 5.74) is 2.61. The average molecular weight is 405 g/mol. The number of hydrogen-bond donors (Lipinski definition) is 1. The van der Waals surface area contributed by atoms with E-state index in [0.29, 0.717) is 16.3 Å². The minimum atomic E-state index is -0.263. The minimum absolute atomic E-state index is 0.0314. The Hall–Kier alpha value is -1.43. The van der Waals surface area contributed by atoms with E-state index in [-0.39, 0.29) is 11.9 Å². The summed E-state index contributed by atoms with van der Waals surface area (Å²) in [6.07, 6.45) is 2.12. The van der Waals surface area contributed by atoms with Crippen LogP contribution in [0, 0.1) is 5.82 Å². The smallest absolute Gasteiger partial charge is 0.140 e. The molecule has 2 atom stereocenters. The Morgan fingerprint density at radius 3 is 2.88 bits per heavy atom. The van der Waals surface area contributed by atoms with Crippen molar-refractivity contribution >= 4 is 15.9 Å². The second-order valence-corrected chi connectivity index (χ2v) is 7.58. The van der Waals surface area contributed by atoms with Gasteiger partial charge in [-0.2, -0.15) is 0 Å². The normalized spacial score (nSPS) is 23.9. The van der Waals surface area contributed by atoms with Gasteiger partial charge in [-0.3, -0.25) is 4.90 Å². The lowest BCUT2D eigenvalue weighted by Crippen LogP contribution is -2.42.